The summed E-state index contributed by atoms with van der Waals surface area (Å²) >= 11 is 0. The number of amides is 3. The third kappa shape index (κ3) is 5.35. The van der Waals surface area contributed by atoms with Crippen LogP contribution in [0.3, 0.4) is 0 Å². The van der Waals surface area contributed by atoms with E-state index in [1.165, 1.54) is 10.6 Å². The number of carbonyl (C=O) groups is 2. The number of carbonyl (C=O) groups excluding carboxylic acids is 2. The number of anilines is 3. The van der Waals surface area contributed by atoms with Crippen molar-refractivity contribution in [2.75, 3.05) is 16.0 Å². The van der Waals surface area contributed by atoms with Gasteiger partial charge in [0.2, 0.25) is 5.91 Å². The number of aromatic nitrogens is 1. The predicted molar refractivity (Wildman–Crippen MR) is 119 cm³/mol. The molecule has 0 aliphatic carbocycles. The maximum absolute atomic E-state index is 12.8. The molecule has 30 heavy (non-hydrogen) atoms. The average Bonchev–Trinajstić information content (AvgIpc) is 2.67. The number of benzene rings is 2. The van der Waals surface area contributed by atoms with Gasteiger partial charge in [0, 0.05) is 17.1 Å². The normalized spacial score (nSPS) is 10.4. The third-order valence-electron chi connectivity index (χ3n) is 4.52. The Bertz CT molecular complexity index is 1150. The van der Waals surface area contributed by atoms with Crippen molar-refractivity contribution in [3.8, 4) is 0 Å². The Morgan fingerprint density at radius 1 is 0.800 bits per heavy atom. The molecule has 0 spiro atoms. The van der Waals surface area contributed by atoms with Crippen molar-refractivity contribution in [3.63, 3.8) is 0 Å². The van der Waals surface area contributed by atoms with Gasteiger partial charge in [0.25, 0.3) is 5.56 Å². The molecule has 0 aliphatic heterocycles. The minimum absolute atomic E-state index is 0.0918. The fourth-order valence-electron chi connectivity index (χ4n) is 3.04. The lowest BCUT2D eigenvalue weighted by atomic mass is 10.2. The summed E-state index contributed by atoms with van der Waals surface area (Å²) in [6, 6.07) is 17.4. The van der Waals surface area contributed by atoms with Gasteiger partial charge >= 0.3 is 6.03 Å². The van der Waals surface area contributed by atoms with Crippen molar-refractivity contribution in [3.05, 3.63) is 87.8 Å². The quantitative estimate of drug-likeness (QED) is 0.599. The highest BCUT2D eigenvalue weighted by Crippen LogP contribution is 2.12. The lowest BCUT2D eigenvalue weighted by molar-refractivity contribution is -0.116. The van der Waals surface area contributed by atoms with Gasteiger partial charge in [-0.1, -0.05) is 24.3 Å². The van der Waals surface area contributed by atoms with Crippen molar-refractivity contribution in [2.24, 2.45) is 0 Å². The van der Waals surface area contributed by atoms with Crippen LogP contribution in [0.4, 0.5) is 21.9 Å². The highest BCUT2D eigenvalue weighted by Gasteiger charge is 2.13. The zero-order chi connectivity index (χ0) is 21.7. The molecule has 2 aromatic carbocycles. The van der Waals surface area contributed by atoms with E-state index in [2.05, 4.69) is 16.0 Å². The van der Waals surface area contributed by atoms with Crippen LogP contribution in [0.15, 0.2) is 65.5 Å². The lowest BCUT2D eigenvalue weighted by Crippen LogP contribution is -2.32. The van der Waals surface area contributed by atoms with Crippen LogP contribution in [0.1, 0.15) is 16.8 Å². The molecule has 3 N–H and O–H groups in total. The van der Waals surface area contributed by atoms with Crippen LogP contribution in [0, 0.1) is 20.8 Å². The number of pyridine rings is 1. The Hall–Kier alpha value is -3.87. The number of urea groups is 1. The maximum atomic E-state index is 12.8. The van der Waals surface area contributed by atoms with E-state index in [1.807, 2.05) is 50.2 Å². The summed E-state index contributed by atoms with van der Waals surface area (Å²) in [6.45, 7) is 5.43. The van der Waals surface area contributed by atoms with E-state index in [1.54, 1.807) is 25.1 Å². The average molecular weight is 404 g/mol. The molecule has 0 saturated carbocycles. The standard InChI is InChI=1S/C23H24N4O3/c1-15-6-4-8-18(12-15)24-21(28)14-27-17(3)10-11-20(22(27)29)26-23(30)25-19-9-5-7-16(2)13-19/h4-13H,14H2,1-3H3,(H,24,28)(H2,25,26,30). The zero-order valence-corrected chi connectivity index (χ0v) is 17.2. The van der Waals surface area contributed by atoms with Crippen LogP contribution in [-0.4, -0.2) is 16.5 Å². The van der Waals surface area contributed by atoms with Crippen molar-refractivity contribution in [1.29, 1.82) is 0 Å². The summed E-state index contributed by atoms with van der Waals surface area (Å²) in [5, 5.41) is 8.04. The van der Waals surface area contributed by atoms with Gasteiger partial charge in [-0.3, -0.25) is 9.59 Å². The summed E-state index contributed by atoms with van der Waals surface area (Å²) in [4.78, 5) is 37.5. The van der Waals surface area contributed by atoms with Crippen LogP contribution in [0.2, 0.25) is 0 Å². The van der Waals surface area contributed by atoms with E-state index in [0.717, 1.165) is 11.1 Å². The predicted octanol–water partition coefficient (Wildman–Crippen LogP) is 4.06. The van der Waals surface area contributed by atoms with E-state index in [4.69, 9.17) is 0 Å². The molecule has 0 unspecified atom stereocenters. The van der Waals surface area contributed by atoms with Gasteiger partial charge < -0.3 is 20.5 Å². The first-order chi connectivity index (χ1) is 14.3. The maximum Gasteiger partial charge on any atom is 0.323 e. The molecule has 0 aliphatic rings. The molecule has 1 heterocycles. The second-order valence-corrected chi connectivity index (χ2v) is 7.15. The number of aryl methyl sites for hydroxylation is 3. The zero-order valence-electron chi connectivity index (χ0n) is 17.2. The lowest BCUT2D eigenvalue weighted by Gasteiger charge is -2.13. The van der Waals surface area contributed by atoms with Gasteiger partial charge in [-0.15, -0.1) is 0 Å². The monoisotopic (exact) mass is 404 g/mol. The molecule has 0 saturated heterocycles. The van der Waals surface area contributed by atoms with Crippen LogP contribution in [0.25, 0.3) is 0 Å². The van der Waals surface area contributed by atoms with Crippen molar-refractivity contribution < 1.29 is 9.59 Å². The Balaban J connectivity index is 1.72. The van der Waals surface area contributed by atoms with Gasteiger partial charge in [0.05, 0.1) is 0 Å². The molecule has 3 amide bonds. The van der Waals surface area contributed by atoms with Gasteiger partial charge in [-0.25, -0.2) is 4.79 Å². The molecule has 3 aromatic rings. The highest BCUT2D eigenvalue weighted by atomic mass is 16.2. The fourth-order valence-corrected chi connectivity index (χ4v) is 3.04. The summed E-state index contributed by atoms with van der Waals surface area (Å²) < 4.78 is 1.33. The molecular formula is C23H24N4O3. The molecule has 0 atom stereocenters. The first-order valence-electron chi connectivity index (χ1n) is 9.53. The Morgan fingerprint density at radius 2 is 1.40 bits per heavy atom. The smallest absolute Gasteiger partial charge is 0.323 e. The Morgan fingerprint density at radius 3 is 2.00 bits per heavy atom. The van der Waals surface area contributed by atoms with Crippen LogP contribution >= 0.6 is 0 Å². The largest absolute Gasteiger partial charge is 0.325 e. The Kier molecular flexibility index (Phi) is 6.32. The molecular weight excluding hydrogens is 380 g/mol. The molecule has 0 radical (unpaired) electrons. The number of rotatable bonds is 5. The van der Waals surface area contributed by atoms with E-state index in [-0.39, 0.29) is 18.1 Å². The van der Waals surface area contributed by atoms with Crippen molar-refractivity contribution >= 4 is 29.0 Å². The van der Waals surface area contributed by atoms with E-state index >= 15 is 0 Å². The number of nitrogens with one attached hydrogen (secondary N) is 3. The minimum atomic E-state index is -0.530. The summed E-state index contributed by atoms with van der Waals surface area (Å²) in [5.41, 5.74) is 3.57. The molecule has 0 bridgehead atoms. The highest BCUT2D eigenvalue weighted by molar-refractivity contribution is 5.99. The van der Waals surface area contributed by atoms with Gasteiger partial charge in [0.15, 0.2) is 0 Å². The number of hydrogen-bond donors (Lipinski definition) is 3. The Labute approximate surface area is 174 Å². The first-order valence-corrected chi connectivity index (χ1v) is 9.53. The summed E-state index contributed by atoms with van der Waals surface area (Å²) in [6.07, 6.45) is 0. The van der Waals surface area contributed by atoms with Crippen LogP contribution in [0.5, 0.6) is 0 Å². The molecule has 0 fully saturated rings. The van der Waals surface area contributed by atoms with Crippen molar-refractivity contribution in [1.82, 2.24) is 4.57 Å². The summed E-state index contributed by atoms with van der Waals surface area (Å²) in [5.74, 6) is -0.327. The molecule has 154 valence electrons. The first kappa shape index (κ1) is 20.9. The second kappa shape index (κ2) is 9.09. The SMILES string of the molecule is Cc1cccc(NC(=O)Cn2c(C)ccc(NC(=O)Nc3cccc(C)c3)c2=O)c1. The van der Waals surface area contributed by atoms with Gasteiger partial charge in [-0.2, -0.15) is 0 Å². The van der Waals surface area contributed by atoms with E-state index in [9.17, 15) is 14.4 Å². The fraction of sp³-hybridized carbons (Fsp3) is 0.174. The van der Waals surface area contributed by atoms with E-state index in [0.29, 0.717) is 17.1 Å². The minimum Gasteiger partial charge on any atom is -0.325 e. The molecule has 7 nitrogen and oxygen atoms in total. The number of nitrogens with zero attached hydrogens (tertiary/aromatic N) is 1. The molecule has 3 rings (SSSR count). The van der Waals surface area contributed by atoms with Crippen LogP contribution < -0.4 is 21.5 Å². The van der Waals surface area contributed by atoms with Gasteiger partial charge in [0.1, 0.15) is 12.2 Å². The number of hydrogen-bond acceptors (Lipinski definition) is 3. The van der Waals surface area contributed by atoms with Crippen LogP contribution in [-0.2, 0) is 11.3 Å². The van der Waals surface area contributed by atoms with E-state index < -0.39 is 11.6 Å². The van der Waals surface area contributed by atoms with Gasteiger partial charge in [-0.05, 0) is 68.3 Å². The third-order valence-corrected chi connectivity index (χ3v) is 4.52. The second-order valence-electron chi connectivity index (χ2n) is 7.15. The topological polar surface area (TPSA) is 92.2 Å². The summed E-state index contributed by atoms with van der Waals surface area (Å²) in [7, 11) is 0. The molecule has 7 heteroatoms. The molecule has 1 aromatic heterocycles. The van der Waals surface area contributed by atoms with Crippen molar-refractivity contribution in [2.45, 2.75) is 27.3 Å².